The third-order valence-corrected chi connectivity index (χ3v) is 8.76. The highest BCUT2D eigenvalue weighted by Crippen LogP contribution is 2.38. The van der Waals surface area contributed by atoms with E-state index in [1.165, 1.54) is 11.8 Å². The van der Waals surface area contributed by atoms with Gasteiger partial charge in [0, 0.05) is 29.6 Å². The summed E-state index contributed by atoms with van der Waals surface area (Å²) in [6, 6.07) is 23.9. The van der Waals surface area contributed by atoms with Gasteiger partial charge >= 0.3 is 5.97 Å². The van der Waals surface area contributed by atoms with E-state index in [2.05, 4.69) is 5.32 Å². The maximum Gasteiger partial charge on any atom is 0.338 e. The van der Waals surface area contributed by atoms with Crippen molar-refractivity contribution in [3.63, 3.8) is 0 Å². The summed E-state index contributed by atoms with van der Waals surface area (Å²) in [6.07, 6.45) is 0. The molecule has 1 atom stereocenters. The summed E-state index contributed by atoms with van der Waals surface area (Å²) < 4.78 is 18.6. The molecule has 6 rings (SSSR count). The number of amides is 1. The highest BCUT2D eigenvalue weighted by molar-refractivity contribution is 7.98. The molecule has 1 N–H and O–H groups in total. The molecule has 45 heavy (non-hydrogen) atoms. The topological polar surface area (TPSA) is 108 Å². The minimum absolute atomic E-state index is 0.0675. The fourth-order valence-corrected chi connectivity index (χ4v) is 6.23. The Morgan fingerprint density at radius 3 is 2.51 bits per heavy atom. The second kappa shape index (κ2) is 14.2. The van der Waals surface area contributed by atoms with E-state index in [1.54, 1.807) is 21.7 Å². The van der Waals surface area contributed by atoms with Gasteiger partial charge in [-0.25, -0.2) is 9.48 Å². The van der Waals surface area contributed by atoms with Crippen molar-refractivity contribution in [1.29, 1.82) is 0 Å². The van der Waals surface area contributed by atoms with Crippen molar-refractivity contribution in [3.8, 4) is 5.75 Å². The number of nitrogens with one attached hydrogen (secondary N) is 1. The van der Waals surface area contributed by atoms with Crippen LogP contribution in [0.1, 0.15) is 29.7 Å². The van der Waals surface area contributed by atoms with Crippen LogP contribution in [0.3, 0.4) is 0 Å². The molecule has 232 valence electrons. The van der Waals surface area contributed by atoms with Crippen molar-refractivity contribution in [3.05, 3.63) is 112 Å². The minimum atomic E-state index is -0.615. The minimum Gasteiger partial charge on any atom is -0.484 e. The van der Waals surface area contributed by atoms with Crippen molar-refractivity contribution >= 4 is 41.2 Å². The highest BCUT2D eigenvalue weighted by Gasteiger charge is 2.35. The number of rotatable bonds is 10. The largest absolute Gasteiger partial charge is 0.484 e. The molecule has 1 unspecified atom stereocenters. The van der Waals surface area contributed by atoms with Gasteiger partial charge in [0.05, 0.1) is 18.8 Å². The van der Waals surface area contributed by atoms with Crippen molar-refractivity contribution in [2.45, 2.75) is 30.5 Å². The first-order valence-corrected chi connectivity index (χ1v) is 15.9. The van der Waals surface area contributed by atoms with Gasteiger partial charge in [-0.2, -0.15) is 4.98 Å². The van der Waals surface area contributed by atoms with Gasteiger partial charge in [0.2, 0.25) is 11.1 Å². The Hall–Kier alpha value is -4.32. The number of nitrogens with zero attached hydrogens (tertiary/aromatic N) is 4. The van der Waals surface area contributed by atoms with E-state index in [9.17, 15) is 9.59 Å². The first-order chi connectivity index (χ1) is 22.0. The summed E-state index contributed by atoms with van der Waals surface area (Å²) in [5.74, 6) is 1.09. The number of carbonyl (C=O) groups excluding carboxylic acids is 2. The van der Waals surface area contributed by atoms with Crippen molar-refractivity contribution in [2.24, 2.45) is 0 Å². The summed E-state index contributed by atoms with van der Waals surface area (Å²) in [4.78, 5) is 32.7. The van der Waals surface area contributed by atoms with Crippen LogP contribution in [0.15, 0.2) is 95.3 Å². The Morgan fingerprint density at radius 2 is 1.76 bits per heavy atom. The molecule has 0 aliphatic carbocycles. The second-order valence-corrected chi connectivity index (χ2v) is 11.9. The zero-order valence-electron chi connectivity index (χ0n) is 24.6. The van der Waals surface area contributed by atoms with Gasteiger partial charge in [-0.3, -0.25) is 4.79 Å². The normalized spacial score (nSPS) is 16.1. The van der Waals surface area contributed by atoms with E-state index in [0.29, 0.717) is 65.2 Å². The van der Waals surface area contributed by atoms with Gasteiger partial charge in [0.1, 0.15) is 18.4 Å². The lowest BCUT2D eigenvalue weighted by molar-refractivity contribution is -0.141. The lowest BCUT2D eigenvalue weighted by Gasteiger charge is -2.28. The third kappa shape index (κ3) is 7.33. The summed E-state index contributed by atoms with van der Waals surface area (Å²) in [5.41, 5.74) is 3.68. The van der Waals surface area contributed by atoms with Gasteiger partial charge in [0.15, 0.2) is 6.61 Å². The zero-order valence-corrected chi connectivity index (χ0v) is 26.2. The van der Waals surface area contributed by atoms with E-state index in [-0.39, 0.29) is 19.1 Å². The summed E-state index contributed by atoms with van der Waals surface area (Å²) in [7, 11) is 0. The molecule has 0 radical (unpaired) electrons. The average molecular weight is 646 g/mol. The molecular weight excluding hydrogens is 614 g/mol. The van der Waals surface area contributed by atoms with Gasteiger partial charge < -0.3 is 24.4 Å². The van der Waals surface area contributed by atoms with Crippen LogP contribution in [-0.2, 0) is 31.4 Å². The van der Waals surface area contributed by atoms with E-state index in [4.69, 9.17) is 35.9 Å². The van der Waals surface area contributed by atoms with Crippen LogP contribution in [0.4, 0.5) is 5.95 Å². The molecule has 3 heterocycles. The number of anilines is 1. The third-order valence-electron chi connectivity index (χ3n) is 7.50. The van der Waals surface area contributed by atoms with E-state index >= 15 is 0 Å². The molecule has 2 aliphatic heterocycles. The highest BCUT2D eigenvalue weighted by atomic mass is 35.5. The maximum atomic E-state index is 13.6. The molecule has 4 aromatic rings. The molecule has 12 heteroatoms. The summed E-state index contributed by atoms with van der Waals surface area (Å²) in [6.45, 7) is 4.08. The number of thioether (sulfide) groups is 1. The lowest BCUT2D eigenvalue weighted by Crippen LogP contribution is -2.42. The standard InChI is InChI=1S/C33H32ClN5O5S/c1-22-29(31(41)44-19-23-7-3-2-4-8-23)30(24-11-13-26(14-12-24)43-20-28(40)38-15-17-42-18-16-38)39-32(35-22)36-33(37-39)45-21-25-9-5-6-10-27(25)34/h2-14,30H,15-21H2,1H3,(H,35,36,37). The van der Waals surface area contributed by atoms with Crippen LogP contribution in [0.5, 0.6) is 5.75 Å². The Labute approximate surface area is 270 Å². The number of halogens is 1. The van der Waals surface area contributed by atoms with E-state index in [1.807, 2.05) is 73.7 Å². The molecule has 0 bridgehead atoms. The Balaban J connectivity index is 1.24. The number of ether oxygens (including phenoxy) is 3. The predicted octanol–water partition coefficient (Wildman–Crippen LogP) is 5.49. The molecule has 1 fully saturated rings. The van der Waals surface area contributed by atoms with Crippen LogP contribution >= 0.6 is 23.4 Å². The number of fused-ring (bicyclic) bond motifs is 1. The quantitative estimate of drug-likeness (QED) is 0.177. The van der Waals surface area contributed by atoms with Crippen LogP contribution < -0.4 is 10.1 Å². The number of benzene rings is 3. The Bertz CT molecular complexity index is 1690. The SMILES string of the molecule is CC1=C(C(=O)OCc2ccccc2)C(c2ccc(OCC(=O)N3CCOCC3)cc2)n2nc(SCc3ccccc3Cl)nc2N1. The van der Waals surface area contributed by atoms with Gasteiger partial charge in [-0.1, -0.05) is 84.0 Å². The average Bonchev–Trinajstić information content (AvgIpc) is 3.48. The number of carbonyl (C=O) groups is 2. The molecule has 10 nitrogen and oxygen atoms in total. The van der Waals surface area contributed by atoms with Crippen molar-refractivity contribution < 1.29 is 23.8 Å². The lowest BCUT2D eigenvalue weighted by atomic mass is 9.95. The number of aromatic nitrogens is 3. The van der Waals surface area contributed by atoms with Crippen molar-refractivity contribution in [2.75, 3.05) is 38.2 Å². The fraction of sp³-hybridized carbons (Fsp3) is 0.273. The van der Waals surface area contributed by atoms with Gasteiger partial charge in [0.25, 0.3) is 5.91 Å². The molecular formula is C33H32ClN5O5S. The molecule has 1 aromatic heterocycles. The number of hydrogen-bond acceptors (Lipinski definition) is 9. The zero-order chi connectivity index (χ0) is 31.2. The number of hydrogen-bond donors (Lipinski definition) is 1. The smallest absolute Gasteiger partial charge is 0.338 e. The van der Waals surface area contributed by atoms with Crippen LogP contribution in [0, 0.1) is 0 Å². The fourth-order valence-electron chi connectivity index (χ4n) is 5.12. The molecule has 1 amide bonds. The number of morpholine rings is 1. The van der Waals surface area contributed by atoms with Crippen LogP contribution in [0.25, 0.3) is 0 Å². The Kier molecular flexibility index (Phi) is 9.68. The van der Waals surface area contributed by atoms with Crippen LogP contribution in [0.2, 0.25) is 5.02 Å². The molecule has 3 aromatic carbocycles. The summed E-state index contributed by atoms with van der Waals surface area (Å²) >= 11 is 7.82. The van der Waals surface area contributed by atoms with E-state index < -0.39 is 12.0 Å². The van der Waals surface area contributed by atoms with E-state index in [0.717, 1.165) is 16.7 Å². The first-order valence-electron chi connectivity index (χ1n) is 14.6. The second-order valence-electron chi connectivity index (χ2n) is 10.5. The number of allylic oxidation sites excluding steroid dienone is 1. The van der Waals surface area contributed by atoms with Crippen molar-refractivity contribution in [1.82, 2.24) is 19.7 Å². The Morgan fingerprint density at radius 1 is 1.02 bits per heavy atom. The molecule has 2 aliphatic rings. The maximum absolute atomic E-state index is 13.6. The van der Waals surface area contributed by atoms with Gasteiger partial charge in [-0.15, -0.1) is 5.10 Å². The molecule has 0 spiro atoms. The molecule has 1 saturated heterocycles. The first kappa shape index (κ1) is 30.7. The van der Waals surface area contributed by atoms with Gasteiger partial charge in [-0.05, 0) is 41.8 Å². The number of esters is 1. The van der Waals surface area contributed by atoms with Crippen LogP contribution in [-0.4, -0.2) is 64.5 Å². The molecule has 0 saturated carbocycles. The summed E-state index contributed by atoms with van der Waals surface area (Å²) in [5, 5.41) is 9.27. The predicted molar refractivity (Wildman–Crippen MR) is 171 cm³/mol. The monoisotopic (exact) mass is 645 g/mol.